The smallest absolute Gasteiger partial charge is 0.267 e. The monoisotopic (exact) mass is 286 g/mol. The number of carbonyl (C=O) groups excluding carboxylic acids is 1. The topological polar surface area (TPSA) is 41.5 Å². The lowest BCUT2D eigenvalue weighted by atomic mass is 10.1. The lowest BCUT2D eigenvalue weighted by Gasteiger charge is -2.03. The summed E-state index contributed by atoms with van der Waals surface area (Å²) >= 11 is 6.03. The van der Waals surface area contributed by atoms with Crippen LogP contribution in [-0.4, -0.2) is 12.1 Å². The Balaban J connectivity index is 2.03. The Hall–Kier alpha value is -2.13. The number of benzene rings is 2. The Bertz CT molecular complexity index is 648. The third kappa shape index (κ3) is 3.68. The van der Waals surface area contributed by atoms with Crippen LogP contribution < -0.4 is 5.43 Å². The van der Waals surface area contributed by atoms with Crippen molar-refractivity contribution in [2.45, 2.75) is 13.8 Å². The summed E-state index contributed by atoms with van der Waals surface area (Å²) in [7, 11) is 0. The zero-order valence-corrected chi connectivity index (χ0v) is 12.1. The average Bonchev–Trinajstić information content (AvgIpc) is 2.41. The van der Waals surface area contributed by atoms with E-state index in [1.54, 1.807) is 18.3 Å². The van der Waals surface area contributed by atoms with Crippen LogP contribution in [0.4, 0.5) is 0 Å². The van der Waals surface area contributed by atoms with Crippen LogP contribution in [0.3, 0.4) is 0 Å². The molecular weight excluding hydrogens is 272 g/mol. The van der Waals surface area contributed by atoms with Crippen molar-refractivity contribution < 1.29 is 4.79 Å². The number of hydrazone groups is 1. The number of amides is 1. The van der Waals surface area contributed by atoms with Crippen molar-refractivity contribution in [3.8, 4) is 0 Å². The van der Waals surface area contributed by atoms with E-state index in [0.29, 0.717) is 10.6 Å². The lowest BCUT2D eigenvalue weighted by molar-refractivity contribution is 0.0955. The fourth-order valence-corrected chi connectivity index (χ4v) is 2.00. The van der Waals surface area contributed by atoms with Gasteiger partial charge in [0.15, 0.2) is 0 Å². The molecule has 1 amide bonds. The van der Waals surface area contributed by atoms with Gasteiger partial charge < -0.3 is 0 Å². The first-order valence-corrected chi connectivity index (χ1v) is 6.60. The van der Waals surface area contributed by atoms with E-state index in [2.05, 4.69) is 10.5 Å². The van der Waals surface area contributed by atoms with E-state index in [-0.39, 0.29) is 5.91 Å². The molecule has 102 valence electrons. The van der Waals surface area contributed by atoms with Crippen LogP contribution in [-0.2, 0) is 0 Å². The molecule has 20 heavy (non-hydrogen) atoms. The highest BCUT2D eigenvalue weighted by Gasteiger charge is 2.08. The summed E-state index contributed by atoms with van der Waals surface area (Å²) in [5, 5.41) is 4.35. The van der Waals surface area contributed by atoms with Gasteiger partial charge in [-0.2, -0.15) is 5.10 Å². The van der Waals surface area contributed by atoms with Crippen LogP contribution in [0.15, 0.2) is 47.6 Å². The van der Waals surface area contributed by atoms with Gasteiger partial charge in [0.25, 0.3) is 5.91 Å². The largest absolute Gasteiger partial charge is 0.272 e. The van der Waals surface area contributed by atoms with E-state index in [1.165, 1.54) is 5.56 Å². The molecule has 0 bridgehead atoms. The van der Waals surface area contributed by atoms with Crippen LogP contribution in [0.25, 0.3) is 0 Å². The number of halogens is 1. The normalized spacial score (nSPS) is 10.8. The molecule has 2 aromatic rings. The molecule has 3 nitrogen and oxygen atoms in total. The maximum absolute atomic E-state index is 11.9. The molecular formula is C16H15ClN2O. The summed E-state index contributed by atoms with van der Waals surface area (Å²) in [6.07, 6.45) is 1.60. The SMILES string of the molecule is Cc1ccc(C=NNC(=O)c2ccc(C)cc2Cl)cc1. The van der Waals surface area contributed by atoms with E-state index in [9.17, 15) is 4.79 Å². The van der Waals surface area contributed by atoms with E-state index in [1.807, 2.05) is 44.2 Å². The van der Waals surface area contributed by atoms with Crippen LogP contribution in [0.1, 0.15) is 27.0 Å². The first kappa shape index (κ1) is 14.3. The van der Waals surface area contributed by atoms with Gasteiger partial charge in [-0.3, -0.25) is 4.79 Å². The first-order valence-electron chi connectivity index (χ1n) is 6.22. The highest BCUT2D eigenvalue weighted by atomic mass is 35.5. The zero-order valence-electron chi connectivity index (χ0n) is 11.4. The zero-order chi connectivity index (χ0) is 14.5. The van der Waals surface area contributed by atoms with Crippen molar-refractivity contribution in [3.05, 3.63) is 69.7 Å². The second-order valence-corrected chi connectivity index (χ2v) is 5.00. The number of nitrogens with zero attached hydrogens (tertiary/aromatic N) is 1. The Labute approximate surface area is 123 Å². The van der Waals surface area contributed by atoms with Crippen LogP contribution in [0.2, 0.25) is 5.02 Å². The molecule has 0 atom stereocenters. The second-order valence-electron chi connectivity index (χ2n) is 4.59. The molecule has 0 saturated heterocycles. The summed E-state index contributed by atoms with van der Waals surface area (Å²) in [5.41, 5.74) is 5.99. The maximum atomic E-state index is 11.9. The van der Waals surface area contributed by atoms with Crippen LogP contribution >= 0.6 is 11.6 Å². The summed E-state index contributed by atoms with van der Waals surface area (Å²) in [6, 6.07) is 13.1. The Morgan fingerprint density at radius 1 is 1.10 bits per heavy atom. The quantitative estimate of drug-likeness (QED) is 0.678. The predicted molar refractivity (Wildman–Crippen MR) is 82.4 cm³/mol. The molecule has 4 heteroatoms. The van der Waals surface area contributed by atoms with Gasteiger partial charge in [0.1, 0.15) is 0 Å². The Kier molecular flexibility index (Phi) is 4.53. The molecule has 0 radical (unpaired) electrons. The molecule has 0 spiro atoms. The van der Waals surface area contributed by atoms with Gasteiger partial charge in [-0.1, -0.05) is 47.5 Å². The van der Waals surface area contributed by atoms with Crippen molar-refractivity contribution >= 4 is 23.7 Å². The highest BCUT2D eigenvalue weighted by molar-refractivity contribution is 6.33. The van der Waals surface area contributed by atoms with E-state index in [0.717, 1.165) is 11.1 Å². The molecule has 0 heterocycles. The van der Waals surface area contributed by atoms with Crippen LogP contribution in [0.5, 0.6) is 0 Å². The van der Waals surface area contributed by atoms with Gasteiger partial charge in [-0.15, -0.1) is 0 Å². The number of nitrogens with one attached hydrogen (secondary N) is 1. The number of rotatable bonds is 3. The van der Waals surface area contributed by atoms with Gasteiger partial charge in [-0.25, -0.2) is 5.43 Å². The first-order chi connectivity index (χ1) is 9.56. The third-order valence-electron chi connectivity index (χ3n) is 2.83. The summed E-state index contributed by atoms with van der Waals surface area (Å²) in [6.45, 7) is 3.94. The highest BCUT2D eigenvalue weighted by Crippen LogP contribution is 2.17. The number of aryl methyl sites for hydroxylation is 2. The molecule has 0 aliphatic heterocycles. The molecule has 2 rings (SSSR count). The molecule has 1 N–H and O–H groups in total. The average molecular weight is 287 g/mol. The number of hydrogen-bond donors (Lipinski definition) is 1. The van der Waals surface area contributed by atoms with E-state index >= 15 is 0 Å². The summed E-state index contributed by atoms with van der Waals surface area (Å²) in [5.74, 6) is -0.321. The standard InChI is InChI=1S/C16H15ClN2O/c1-11-3-6-13(7-4-11)10-18-19-16(20)14-8-5-12(2)9-15(14)17/h3-10H,1-2H3,(H,19,20). The summed E-state index contributed by atoms with van der Waals surface area (Å²) < 4.78 is 0. The second kappa shape index (κ2) is 6.35. The molecule has 0 fully saturated rings. The van der Waals surface area contributed by atoms with Gasteiger partial charge >= 0.3 is 0 Å². The Morgan fingerprint density at radius 3 is 2.40 bits per heavy atom. The lowest BCUT2D eigenvalue weighted by Crippen LogP contribution is -2.18. The van der Waals surface area contributed by atoms with Gasteiger partial charge in [0, 0.05) is 0 Å². The number of carbonyl (C=O) groups is 1. The fraction of sp³-hybridized carbons (Fsp3) is 0.125. The van der Waals surface area contributed by atoms with Crippen molar-refractivity contribution in [3.63, 3.8) is 0 Å². The van der Waals surface area contributed by atoms with Crippen molar-refractivity contribution in [1.29, 1.82) is 0 Å². The molecule has 0 aliphatic carbocycles. The fourth-order valence-electron chi connectivity index (χ4n) is 1.68. The molecule has 0 aromatic heterocycles. The van der Waals surface area contributed by atoms with Gasteiger partial charge in [0.2, 0.25) is 0 Å². The van der Waals surface area contributed by atoms with E-state index in [4.69, 9.17) is 11.6 Å². The molecule has 0 unspecified atom stereocenters. The van der Waals surface area contributed by atoms with Crippen molar-refractivity contribution in [2.75, 3.05) is 0 Å². The third-order valence-corrected chi connectivity index (χ3v) is 3.14. The number of hydrogen-bond acceptors (Lipinski definition) is 2. The maximum Gasteiger partial charge on any atom is 0.272 e. The minimum Gasteiger partial charge on any atom is -0.267 e. The molecule has 0 aliphatic rings. The van der Waals surface area contributed by atoms with Crippen molar-refractivity contribution in [1.82, 2.24) is 5.43 Å². The minimum atomic E-state index is -0.321. The van der Waals surface area contributed by atoms with Gasteiger partial charge in [-0.05, 0) is 37.1 Å². The summed E-state index contributed by atoms with van der Waals surface area (Å²) in [4.78, 5) is 11.9. The van der Waals surface area contributed by atoms with Crippen molar-refractivity contribution in [2.24, 2.45) is 5.10 Å². The molecule has 0 saturated carbocycles. The van der Waals surface area contributed by atoms with E-state index < -0.39 is 0 Å². The Morgan fingerprint density at radius 2 is 1.75 bits per heavy atom. The molecule has 2 aromatic carbocycles. The minimum absolute atomic E-state index is 0.321. The predicted octanol–water partition coefficient (Wildman–Crippen LogP) is 3.72. The van der Waals surface area contributed by atoms with Crippen LogP contribution in [0, 0.1) is 13.8 Å². The van der Waals surface area contributed by atoms with Gasteiger partial charge in [0.05, 0.1) is 16.8 Å².